The van der Waals surface area contributed by atoms with E-state index in [0.717, 1.165) is 16.0 Å². The molecular formula is C24H20ClN3O4S. The van der Waals surface area contributed by atoms with Gasteiger partial charge in [0, 0.05) is 21.2 Å². The van der Waals surface area contributed by atoms with Crippen LogP contribution in [0.15, 0.2) is 59.7 Å². The summed E-state index contributed by atoms with van der Waals surface area (Å²) in [5.41, 5.74) is 2.07. The Balaban J connectivity index is 1.70. The highest BCUT2D eigenvalue weighted by Crippen LogP contribution is 2.36. The maximum absolute atomic E-state index is 13.4. The maximum Gasteiger partial charge on any atom is 0.337 e. The van der Waals surface area contributed by atoms with Gasteiger partial charge in [-0.25, -0.2) is 9.78 Å². The fraction of sp³-hybridized carbons (Fsp3) is 0.167. The normalized spacial score (nSPS) is 11.9. The second kappa shape index (κ2) is 9.17. The zero-order chi connectivity index (χ0) is 23.7. The van der Waals surface area contributed by atoms with Gasteiger partial charge in [-0.3, -0.25) is 14.2 Å². The van der Waals surface area contributed by atoms with E-state index in [9.17, 15) is 14.4 Å². The molecule has 1 amide bonds. The number of fused-ring (bicyclic) bond motifs is 1. The lowest BCUT2D eigenvalue weighted by Gasteiger charge is -2.15. The van der Waals surface area contributed by atoms with Crippen molar-refractivity contribution < 1.29 is 14.3 Å². The number of hydrogen-bond donors (Lipinski definition) is 1. The number of carbonyl (C=O) groups excluding carboxylic acids is 2. The van der Waals surface area contributed by atoms with Crippen molar-refractivity contribution in [3.63, 3.8) is 0 Å². The number of ether oxygens (including phenoxy) is 1. The van der Waals surface area contributed by atoms with Crippen LogP contribution in [0.1, 0.15) is 28.2 Å². The number of halogens is 1. The Kier molecular flexibility index (Phi) is 6.31. The van der Waals surface area contributed by atoms with Crippen molar-refractivity contribution in [2.24, 2.45) is 0 Å². The van der Waals surface area contributed by atoms with Crippen molar-refractivity contribution in [3.05, 3.63) is 80.7 Å². The number of amides is 1. The Hall–Kier alpha value is -3.49. The summed E-state index contributed by atoms with van der Waals surface area (Å²) < 4.78 is 6.03. The number of thiophene rings is 1. The van der Waals surface area contributed by atoms with E-state index in [4.69, 9.17) is 16.3 Å². The third-order valence-electron chi connectivity index (χ3n) is 5.29. The van der Waals surface area contributed by atoms with Gasteiger partial charge in [0.15, 0.2) is 0 Å². The molecular weight excluding hydrogens is 462 g/mol. The fourth-order valence-corrected chi connectivity index (χ4v) is 4.70. The van der Waals surface area contributed by atoms with Gasteiger partial charge in [-0.05, 0) is 49.7 Å². The summed E-state index contributed by atoms with van der Waals surface area (Å²) in [4.78, 5) is 44.1. The zero-order valence-corrected chi connectivity index (χ0v) is 19.7. The van der Waals surface area contributed by atoms with Gasteiger partial charge in [0.2, 0.25) is 5.91 Å². The summed E-state index contributed by atoms with van der Waals surface area (Å²) in [6.45, 7) is 3.56. The van der Waals surface area contributed by atoms with E-state index in [1.165, 1.54) is 35.4 Å². The first-order valence-electron chi connectivity index (χ1n) is 10.1. The SMILES string of the molecule is COC(=O)c1cccc(NC(=O)C(C)n2cnc3sc(C)c(-c4ccc(Cl)cc4)c3c2=O)c1. The molecule has 0 aliphatic heterocycles. The van der Waals surface area contributed by atoms with E-state index in [1.807, 2.05) is 19.1 Å². The zero-order valence-electron chi connectivity index (χ0n) is 18.1. The maximum atomic E-state index is 13.4. The molecule has 0 saturated carbocycles. The lowest BCUT2D eigenvalue weighted by Crippen LogP contribution is -2.31. The van der Waals surface area contributed by atoms with Crippen LogP contribution in [0.2, 0.25) is 5.02 Å². The van der Waals surface area contributed by atoms with Gasteiger partial charge in [0.25, 0.3) is 5.56 Å². The van der Waals surface area contributed by atoms with Crippen LogP contribution in [0.5, 0.6) is 0 Å². The molecule has 4 rings (SSSR count). The van der Waals surface area contributed by atoms with Crippen LogP contribution in [0.3, 0.4) is 0 Å². The number of aryl methyl sites for hydroxylation is 1. The molecule has 9 heteroatoms. The van der Waals surface area contributed by atoms with Crippen LogP contribution >= 0.6 is 22.9 Å². The number of esters is 1. The van der Waals surface area contributed by atoms with Crippen molar-refractivity contribution in [2.45, 2.75) is 19.9 Å². The summed E-state index contributed by atoms with van der Waals surface area (Å²) >= 11 is 7.45. The lowest BCUT2D eigenvalue weighted by molar-refractivity contribution is -0.118. The van der Waals surface area contributed by atoms with Gasteiger partial charge in [0.05, 0.1) is 24.4 Å². The lowest BCUT2D eigenvalue weighted by atomic mass is 10.0. The third-order valence-corrected chi connectivity index (χ3v) is 6.56. The number of nitrogens with one attached hydrogen (secondary N) is 1. The van der Waals surface area contributed by atoms with Crippen molar-refractivity contribution in [3.8, 4) is 11.1 Å². The smallest absolute Gasteiger partial charge is 0.337 e. The highest BCUT2D eigenvalue weighted by Gasteiger charge is 2.22. The van der Waals surface area contributed by atoms with Gasteiger partial charge in [-0.1, -0.05) is 29.8 Å². The summed E-state index contributed by atoms with van der Waals surface area (Å²) in [6, 6.07) is 12.8. The molecule has 33 heavy (non-hydrogen) atoms. The van der Waals surface area contributed by atoms with Crippen LogP contribution < -0.4 is 10.9 Å². The van der Waals surface area contributed by atoms with Gasteiger partial charge < -0.3 is 10.1 Å². The first kappa shape index (κ1) is 22.7. The van der Waals surface area contributed by atoms with Crippen molar-refractivity contribution in [1.82, 2.24) is 9.55 Å². The first-order chi connectivity index (χ1) is 15.8. The minimum absolute atomic E-state index is 0.305. The monoisotopic (exact) mass is 481 g/mol. The largest absolute Gasteiger partial charge is 0.465 e. The van der Waals surface area contributed by atoms with Crippen LogP contribution in [0, 0.1) is 6.92 Å². The summed E-state index contributed by atoms with van der Waals surface area (Å²) in [5.74, 6) is -0.923. The number of hydrogen-bond acceptors (Lipinski definition) is 6. The molecule has 1 N–H and O–H groups in total. The van der Waals surface area contributed by atoms with Gasteiger partial charge in [-0.15, -0.1) is 11.3 Å². The second-order valence-corrected chi connectivity index (χ2v) is 9.05. The summed E-state index contributed by atoms with van der Waals surface area (Å²) in [7, 11) is 1.29. The van der Waals surface area contributed by atoms with Gasteiger partial charge in [-0.2, -0.15) is 0 Å². The molecule has 2 heterocycles. The molecule has 0 fully saturated rings. The van der Waals surface area contributed by atoms with Crippen molar-refractivity contribution in [1.29, 1.82) is 0 Å². The molecule has 1 unspecified atom stereocenters. The molecule has 0 saturated heterocycles. The number of aromatic nitrogens is 2. The molecule has 0 bridgehead atoms. The Morgan fingerprint density at radius 1 is 1.18 bits per heavy atom. The number of rotatable bonds is 5. The van der Waals surface area contributed by atoms with Gasteiger partial charge in [0.1, 0.15) is 10.9 Å². The number of carbonyl (C=O) groups is 2. The molecule has 0 spiro atoms. The molecule has 4 aromatic rings. The topological polar surface area (TPSA) is 90.3 Å². The summed E-state index contributed by atoms with van der Waals surface area (Å²) in [6.07, 6.45) is 1.39. The number of benzene rings is 2. The van der Waals surface area contributed by atoms with Crippen LogP contribution in [0.4, 0.5) is 5.69 Å². The minimum atomic E-state index is -0.838. The Labute approximate surface area is 198 Å². The molecule has 0 aliphatic rings. The Morgan fingerprint density at radius 2 is 1.91 bits per heavy atom. The third kappa shape index (κ3) is 4.40. The average Bonchev–Trinajstić information content (AvgIpc) is 3.15. The van der Waals surface area contributed by atoms with E-state index >= 15 is 0 Å². The van der Waals surface area contributed by atoms with E-state index in [-0.39, 0.29) is 5.56 Å². The number of methoxy groups -OCH3 is 1. The average molecular weight is 482 g/mol. The number of anilines is 1. The van der Waals surface area contributed by atoms with Crippen molar-refractivity contribution >= 4 is 50.7 Å². The molecule has 7 nitrogen and oxygen atoms in total. The first-order valence-corrected chi connectivity index (χ1v) is 11.2. The minimum Gasteiger partial charge on any atom is -0.465 e. The Bertz CT molecular complexity index is 1430. The molecule has 1 atom stereocenters. The van der Waals surface area contributed by atoms with Gasteiger partial charge >= 0.3 is 5.97 Å². The second-order valence-electron chi connectivity index (χ2n) is 7.41. The molecule has 2 aromatic heterocycles. The van der Waals surface area contributed by atoms with E-state index < -0.39 is 17.9 Å². The highest BCUT2D eigenvalue weighted by atomic mass is 35.5. The van der Waals surface area contributed by atoms with E-state index in [2.05, 4.69) is 10.3 Å². The molecule has 0 aliphatic carbocycles. The quantitative estimate of drug-likeness (QED) is 0.402. The van der Waals surface area contributed by atoms with Crippen LogP contribution in [-0.4, -0.2) is 28.5 Å². The number of nitrogens with zero attached hydrogens (tertiary/aromatic N) is 2. The summed E-state index contributed by atoms with van der Waals surface area (Å²) in [5, 5.41) is 3.82. The predicted octanol–water partition coefficient (Wildman–Crippen LogP) is 5.07. The molecule has 0 radical (unpaired) electrons. The standard InChI is InChI=1S/C24H20ClN3O4S/c1-13(21(29)27-18-6-4-5-16(11-18)24(31)32-3)28-12-26-22-20(23(28)30)19(14(2)33-22)15-7-9-17(25)10-8-15/h4-13H,1-3H3,(H,27,29). The predicted molar refractivity (Wildman–Crippen MR) is 130 cm³/mol. The molecule has 168 valence electrons. The van der Waals surface area contributed by atoms with Crippen molar-refractivity contribution in [2.75, 3.05) is 12.4 Å². The van der Waals surface area contributed by atoms with E-state index in [1.54, 1.807) is 37.3 Å². The molecule has 2 aromatic carbocycles. The fourth-order valence-electron chi connectivity index (χ4n) is 3.57. The van der Waals surface area contributed by atoms with Crippen LogP contribution in [0.25, 0.3) is 21.3 Å². The van der Waals surface area contributed by atoms with Crippen LogP contribution in [-0.2, 0) is 9.53 Å². The Morgan fingerprint density at radius 3 is 2.61 bits per heavy atom. The highest BCUT2D eigenvalue weighted by molar-refractivity contribution is 7.19. The van der Waals surface area contributed by atoms with E-state index in [0.29, 0.717) is 26.5 Å².